The smallest absolute Gasteiger partial charge is 0.401 e. The molecule has 0 saturated carbocycles. The standard InChI is InChI=1S/C14H8IN3O5/c15-8-1-3-9(4-2-8)17-14(20)11(13(19)16-17)7-10-5-6-12(23-10)18(21)22/h1-7H,(H,16,19)/b11-7-. The maximum absolute atomic E-state index is 12.3. The van der Waals surface area contributed by atoms with Crippen molar-refractivity contribution in [3.8, 4) is 0 Å². The lowest BCUT2D eigenvalue weighted by Gasteiger charge is -2.14. The molecule has 2 amide bonds. The number of hydrogen-bond acceptors (Lipinski definition) is 5. The number of halogens is 1. The molecule has 9 heteroatoms. The summed E-state index contributed by atoms with van der Waals surface area (Å²) in [6.07, 6.45) is 1.18. The van der Waals surface area contributed by atoms with E-state index in [-0.39, 0.29) is 11.3 Å². The molecule has 8 nitrogen and oxygen atoms in total. The van der Waals surface area contributed by atoms with E-state index in [0.717, 1.165) is 14.6 Å². The number of nitro groups is 1. The molecule has 23 heavy (non-hydrogen) atoms. The van der Waals surface area contributed by atoms with E-state index >= 15 is 0 Å². The van der Waals surface area contributed by atoms with Crippen LogP contribution in [0.2, 0.25) is 0 Å². The van der Waals surface area contributed by atoms with Crippen LogP contribution >= 0.6 is 22.6 Å². The summed E-state index contributed by atoms with van der Waals surface area (Å²) in [6, 6.07) is 9.46. The number of hydrogen-bond donors (Lipinski definition) is 1. The SMILES string of the molecule is O=C1NN(c2ccc(I)cc2)C(=O)/C1=C\c1ccc([N+](=O)[O-])o1. The Balaban J connectivity index is 1.90. The highest BCUT2D eigenvalue weighted by Gasteiger charge is 2.34. The van der Waals surface area contributed by atoms with Crippen LogP contribution in [0.5, 0.6) is 0 Å². The Labute approximate surface area is 143 Å². The van der Waals surface area contributed by atoms with E-state index in [2.05, 4.69) is 28.0 Å². The van der Waals surface area contributed by atoms with Gasteiger partial charge in [0.05, 0.1) is 11.8 Å². The first-order valence-electron chi connectivity index (χ1n) is 6.32. The molecule has 2 aromatic rings. The van der Waals surface area contributed by atoms with Crippen LogP contribution in [0.1, 0.15) is 5.76 Å². The minimum absolute atomic E-state index is 0.0552. The summed E-state index contributed by atoms with van der Waals surface area (Å²) in [7, 11) is 0. The average Bonchev–Trinajstić information content (AvgIpc) is 3.09. The van der Waals surface area contributed by atoms with Crippen LogP contribution in [0.25, 0.3) is 6.08 Å². The third-order valence-corrected chi connectivity index (χ3v) is 3.77. The van der Waals surface area contributed by atoms with Crippen LogP contribution in [-0.2, 0) is 9.59 Å². The second-order valence-electron chi connectivity index (χ2n) is 4.55. The highest BCUT2D eigenvalue weighted by Crippen LogP contribution is 2.24. The molecule has 2 heterocycles. The Morgan fingerprint density at radius 1 is 1.17 bits per heavy atom. The zero-order valence-corrected chi connectivity index (χ0v) is 13.5. The van der Waals surface area contributed by atoms with Gasteiger partial charge in [-0.2, -0.15) is 0 Å². The molecule has 1 aromatic heterocycles. The van der Waals surface area contributed by atoms with Gasteiger partial charge in [-0.1, -0.05) is 0 Å². The van der Waals surface area contributed by atoms with Crippen molar-refractivity contribution in [3.63, 3.8) is 0 Å². The molecule has 0 bridgehead atoms. The van der Waals surface area contributed by atoms with Crippen LogP contribution in [0.4, 0.5) is 11.6 Å². The fourth-order valence-electron chi connectivity index (χ4n) is 1.99. The van der Waals surface area contributed by atoms with Gasteiger partial charge >= 0.3 is 5.88 Å². The predicted octanol–water partition coefficient (Wildman–Crippen LogP) is 2.25. The topological polar surface area (TPSA) is 106 Å². The highest BCUT2D eigenvalue weighted by molar-refractivity contribution is 14.1. The van der Waals surface area contributed by atoms with E-state index in [4.69, 9.17) is 4.42 Å². The van der Waals surface area contributed by atoms with Crippen molar-refractivity contribution in [1.29, 1.82) is 0 Å². The largest absolute Gasteiger partial charge is 0.433 e. The molecule has 1 aliphatic heterocycles. The van der Waals surface area contributed by atoms with Gasteiger partial charge < -0.3 is 4.42 Å². The van der Waals surface area contributed by atoms with E-state index in [1.54, 1.807) is 24.3 Å². The molecule has 0 aliphatic carbocycles. The summed E-state index contributed by atoms with van der Waals surface area (Å²) in [4.78, 5) is 34.2. The van der Waals surface area contributed by atoms with E-state index in [9.17, 15) is 19.7 Å². The second kappa shape index (κ2) is 5.83. The molecule has 1 fully saturated rings. The molecular weight excluding hydrogens is 417 g/mol. The zero-order valence-electron chi connectivity index (χ0n) is 11.4. The number of carbonyl (C=O) groups is 2. The van der Waals surface area contributed by atoms with Gasteiger partial charge in [-0.25, -0.2) is 5.01 Å². The molecule has 0 radical (unpaired) electrons. The summed E-state index contributed by atoms with van der Waals surface area (Å²) in [5, 5.41) is 11.7. The summed E-state index contributed by atoms with van der Waals surface area (Å²) in [5.41, 5.74) is 2.79. The van der Waals surface area contributed by atoms with E-state index in [1.165, 1.54) is 12.1 Å². The lowest BCUT2D eigenvalue weighted by molar-refractivity contribution is -0.402. The van der Waals surface area contributed by atoms with Crippen LogP contribution in [0, 0.1) is 13.7 Å². The first-order chi connectivity index (χ1) is 11.0. The Morgan fingerprint density at radius 3 is 2.48 bits per heavy atom. The summed E-state index contributed by atoms with van der Waals surface area (Å²) in [5.74, 6) is -1.57. The van der Waals surface area contributed by atoms with Gasteiger partial charge in [-0.3, -0.25) is 25.1 Å². The lowest BCUT2D eigenvalue weighted by Crippen LogP contribution is -2.35. The number of carbonyl (C=O) groups excluding carboxylic acids is 2. The third-order valence-electron chi connectivity index (χ3n) is 3.06. The number of furan rings is 1. The zero-order chi connectivity index (χ0) is 16.6. The summed E-state index contributed by atoms with van der Waals surface area (Å²) >= 11 is 2.13. The molecule has 0 atom stereocenters. The maximum atomic E-state index is 12.3. The number of hydrazine groups is 1. The van der Waals surface area contributed by atoms with Crippen LogP contribution in [0.15, 0.2) is 46.4 Å². The van der Waals surface area contributed by atoms with Gasteiger partial charge in [0.25, 0.3) is 11.8 Å². The number of benzene rings is 1. The Kier molecular flexibility index (Phi) is 3.86. The minimum Gasteiger partial charge on any atom is -0.401 e. The molecule has 116 valence electrons. The molecule has 3 rings (SSSR count). The lowest BCUT2D eigenvalue weighted by atomic mass is 10.2. The molecule has 1 N–H and O–H groups in total. The van der Waals surface area contributed by atoms with Gasteiger partial charge in [-0.05, 0) is 59.0 Å². The Morgan fingerprint density at radius 2 is 1.87 bits per heavy atom. The number of amides is 2. The fourth-order valence-corrected chi connectivity index (χ4v) is 2.35. The number of nitrogens with one attached hydrogen (secondary N) is 1. The van der Waals surface area contributed by atoms with Crippen LogP contribution in [0.3, 0.4) is 0 Å². The first-order valence-corrected chi connectivity index (χ1v) is 7.40. The summed E-state index contributed by atoms with van der Waals surface area (Å²) < 4.78 is 5.92. The number of nitrogens with zero attached hydrogens (tertiary/aromatic N) is 2. The molecule has 1 aliphatic rings. The fraction of sp³-hybridized carbons (Fsp3) is 0. The van der Waals surface area contributed by atoms with Crippen molar-refractivity contribution in [2.45, 2.75) is 0 Å². The van der Waals surface area contributed by atoms with Crippen LogP contribution < -0.4 is 10.4 Å². The van der Waals surface area contributed by atoms with Crippen molar-refractivity contribution in [2.24, 2.45) is 0 Å². The number of rotatable bonds is 3. The minimum atomic E-state index is -0.698. The molecular formula is C14H8IN3O5. The maximum Gasteiger partial charge on any atom is 0.433 e. The Hall–Kier alpha value is -2.69. The molecule has 0 unspecified atom stereocenters. The molecule has 1 saturated heterocycles. The van der Waals surface area contributed by atoms with Crippen molar-refractivity contribution < 1.29 is 18.9 Å². The second-order valence-corrected chi connectivity index (χ2v) is 5.79. The van der Waals surface area contributed by atoms with Gasteiger partial charge in [-0.15, -0.1) is 0 Å². The predicted molar refractivity (Wildman–Crippen MR) is 88.1 cm³/mol. The van der Waals surface area contributed by atoms with Crippen LogP contribution in [-0.4, -0.2) is 16.7 Å². The van der Waals surface area contributed by atoms with Crippen molar-refractivity contribution in [3.05, 3.63) is 61.4 Å². The summed E-state index contributed by atoms with van der Waals surface area (Å²) in [6.45, 7) is 0. The third kappa shape index (κ3) is 2.95. The normalized spacial score (nSPS) is 16.0. The van der Waals surface area contributed by atoms with Gasteiger partial charge in [0.2, 0.25) is 0 Å². The van der Waals surface area contributed by atoms with Gasteiger partial charge in [0.1, 0.15) is 16.3 Å². The first kappa shape index (κ1) is 15.2. The van der Waals surface area contributed by atoms with Crippen molar-refractivity contribution >= 4 is 52.1 Å². The van der Waals surface area contributed by atoms with Crippen molar-refractivity contribution in [1.82, 2.24) is 5.43 Å². The van der Waals surface area contributed by atoms with Gasteiger partial charge in [0.15, 0.2) is 0 Å². The van der Waals surface area contributed by atoms with Gasteiger partial charge in [0, 0.05) is 3.57 Å². The highest BCUT2D eigenvalue weighted by atomic mass is 127. The molecule has 1 aromatic carbocycles. The monoisotopic (exact) mass is 425 g/mol. The average molecular weight is 425 g/mol. The van der Waals surface area contributed by atoms with E-state index in [1.807, 2.05) is 0 Å². The van der Waals surface area contributed by atoms with Crippen molar-refractivity contribution in [2.75, 3.05) is 5.01 Å². The molecule has 0 spiro atoms. The quantitative estimate of drug-likeness (QED) is 0.267. The van der Waals surface area contributed by atoms with E-state index in [0.29, 0.717) is 5.69 Å². The Bertz CT molecular complexity index is 840. The van der Waals surface area contributed by atoms with E-state index < -0.39 is 22.6 Å². The number of anilines is 1.